The minimum atomic E-state index is 0.580. The molecule has 1 fully saturated rings. The molecule has 3 aromatic rings. The first-order valence-electron chi connectivity index (χ1n) is 8.46. The van der Waals surface area contributed by atoms with Crippen molar-refractivity contribution in [2.45, 2.75) is 19.0 Å². The largest absolute Gasteiger partial charge is 0.381 e. The second kappa shape index (κ2) is 6.76. The van der Waals surface area contributed by atoms with E-state index in [2.05, 4.69) is 99.2 Å². The Balaban J connectivity index is 1.46. The van der Waals surface area contributed by atoms with E-state index in [-0.39, 0.29) is 0 Å². The fourth-order valence-corrected chi connectivity index (χ4v) is 4.02. The van der Waals surface area contributed by atoms with E-state index in [1.54, 1.807) is 0 Å². The van der Waals surface area contributed by atoms with Gasteiger partial charge in [-0.05, 0) is 84.6 Å². The van der Waals surface area contributed by atoms with E-state index < -0.39 is 0 Å². The summed E-state index contributed by atoms with van der Waals surface area (Å²) in [5.41, 5.74) is 3.86. The van der Waals surface area contributed by atoms with Crippen LogP contribution in [0.15, 0.2) is 54.7 Å². The van der Waals surface area contributed by atoms with Gasteiger partial charge < -0.3 is 14.8 Å². The number of anilines is 1. The number of hydrogen-bond donors (Lipinski definition) is 1. The van der Waals surface area contributed by atoms with Gasteiger partial charge in [0.2, 0.25) is 0 Å². The standard InChI is InChI=1S/C20H22IN3/c1-23-10-9-19(14-23)22-18-5-2-15(3-6-18)13-24-11-8-16-12-17(21)4-7-20(16)24/h2-8,11-12,19,22H,9-10,13-14H2,1H3. The van der Waals surface area contributed by atoms with Crippen molar-refractivity contribution in [3.8, 4) is 0 Å². The molecule has 0 saturated carbocycles. The molecule has 1 saturated heterocycles. The monoisotopic (exact) mass is 431 g/mol. The highest BCUT2D eigenvalue weighted by molar-refractivity contribution is 14.1. The van der Waals surface area contributed by atoms with Gasteiger partial charge in [-0.1, -0.05) is 12.1 Å². The van der Waals surface area contributed by atoms with E-state index in [1.165, 1.54) is 38.7 Å². The van der Waals surface area contributed by atoms with E-state index in [9.17, 15) is 0 Å². The third-order valence-electron chi connectivity index (χ3n) is 4.80. The number of fused-ring (bicyclic) bond motifs is 1. The van der Waals surface area contributed by atoms with Crippen LogP contribution in [0, 0.1) is 3.57 Å². The van der Waals surface area contributed by atoms with Gasteiger partial charge in [0.05, 0.1) is 0 Å². The smallest absolute Gasteiger partial charge is 0.0484 e. The van der Waals surface area contributed by atoms with Crippen molar-refractivity contribution in [3.63, 3.8) is 0 Å². The summed E-state index contributed by atoms with van der Waals surface area (Å²) < 4.78 is 3.60. The lowest BCUT2D eigenvalue weighted by Gasteiger charge is -2.15. The molecule has 24 heavy (non-hydrogen) atoms. The quantitative estimate of drug-likeness (QED) is 0.618. The molecule has 124 valence electrons. The van der Waals surface area contributed by atoms with Crippen LogP contribution in [0.2, 0.25) is 0 Å². The van der Waals surface area contributed by atoms with Crippen molar-refractivity contribution in [1.29, 1.82) is 0 Å². The summed E-state index contributed by atoms with van der Waals surface area (Å²) in [6.45, 7) is 3.24. The van der Waals surface area contributed by atoms with E-state index in [0.717, 1.165) is 13.1 Å². The molecule has 0 amide bonds. The molecule has 2 aromatic carbocycles. The second-order valence-corrected chi connectivity index (χ2v) is 7.98. The molecule has 0 aliphatic carbocycles. The van der Waals surface area contributed by atoms with Crippen LogP contribution in [0.25, 0.3) is 10.9 Å². The van der Waals surface area contributed by atoms with Crippen molar-refractivity contribution >= 4 is 39.2 Å². The highest BCUT2D eigenvalue weighted by atomic mass is 127. The third-order valence-corrected chi connectivity index (χ3v) is 5.47. The van der Waals surface area contributed by atoms with Gasteiger partial charge in [0.1, 0.15) is 0 Å². The number of nitrogens with one attached hydrogen (secondary N) is 1. The van der Waals surface area contributed by atoms with Crippen molar-refractivity contribution in [2.24, 2.45) is 0 Å². The Morgan fingerprint density at radius 1 is 1.12 bits per heavy atom. The summed E-state index contributed by atoms with van der Waals surface area (Å²) >= 11 is 2.37. The molecule has 4 rings (SSSR count). The number of nitrogens with zero attached hydrogens (tertiary/aromatic N) is 2. The number of rotatable bonds is 4. The van der Waals surface area contributed by atoms with Crippen LogP contribution in [-0.2, 0) is 6.54 Å². The van der Waals surface area contributed by atoms with Gasteiger partial charge >= 0.3 is 0 Å². The molecule has 1 aliphatic heterocycles. The molecule has 0 radical (unpaired) electrons. The number of likely N-dealkylation sites (N-methyl/N-ethyl adjacent to an activating group) is 1. The molecule has 0 bridgehead atoms. The lowest BCUT2D eigenvalue weighted by molar-refractivity contribution is 0.414. The molecule has 1 unspecified atom stereocenters. The first-order valence-corrected chi connectivity index (χ1v) is 9.54. The zero-order valence-electron chi connectivity index (χ0n) is 13.9. The van der Waals surface area contributed by atoms with E-state index in [4.69, 9.17) is 0 Å². The summed E-state index contributed by atoms with van der Waals surface area (Å²) in [5.74, 6) is 0. The van der Waals surface area contributed by atoms with Gasteiger partial charge in [-0.3, -0.25) is 0 Å². The fraction of sp³-hybridized carbons (Fsp3) is 0.300. The summed E-state index contributed by atoms with van der Waals surface area (Å²) in [6, 6.07) is 18.3. The second-order valence-electron chi connectivity index (χ2n) is 6.74. The number of likely N-dealkylation sites (tertiary alicyclic amines) is 1. The topological polar surface area (TPSA) is 20.2 Å². The normalized spacial score (nSPS) is 18.3. The predicted octanol–water partition coefficient (Wildman–Crippen LogP) is 4.41. The number of aromatic nitrogens is 1. The minimum Gasteiger partial charge on any atom is -0.381 e. The van der Waals surface area contributed by atoms with Crippen molar-refractivity contribution in [3.05, 3.63) is 63.9 Å². The highest BCUT2D eigenvalue weighted by Crippen LogP contribution is 2.21. The van der Waals surface area contributed by atoms with Crippen LogP contribution >= 0.6 is 22.6 Å². The van der Waals surface area contributed by atoms with Crippen molar-refractivity contribution in [1.82, 2.24) is 9.47 Å². The molecule has 2 heterocycles. The molecule has 1 N–H and O–H groups in total. The summed E-state index contributed by atoms with van der Waals surface area (Å²) in [4.78, 5) is 2.38. The van der Waals surface area contributed by atoms with Crippen molar-refractivity contribution < 1.29 is 0 Å². The van der Waals surface area contributed by atoms with E-state index in [0.29, 0.717) is 6.04 Å². The SMILES string of the molecule is CN1CCC(Nc2ccc(Cn3ccc4cc(I)ccc43)cc2)C1. The van der Waals surface area contributed by atoms with Gasteiger partial charge in [-0.2, -0.15) is 0 Å². The van der Waals surface area contributed by atoms with Crippen LogP contribution in [0.4, 0.5) is 5.69 Å². The average molecular weight is 431 g/mol. The lowest BCUT2D eigenvalue weighted by atomic mass is 10.1. The Bertz CT molecular complexity index is 838. The first-order chi connectivity index (χ1) is 11.7. The van der Waals surface area contributed by atoms with Crippen molar-refractivity contribution in [2.75, 3.05) is 25.5 Å². The maximum Gasteiger partial charge on any atom is 0.0484 e. The Morgan fingerprint density at radius 2 is 1.96 bits per heavy atom. The Kier molecular flexibility index (Phi) is 4.50. The third kappa shape index (κ3) is 3.44. The van der Waals surface area contributed by atoms with E-state index in [1.807, 2.05) is 0 Å². The molecule has 1 aliphatic rings. The average Bonchev–Trinajstić information content (AvgIpc) is 3.15. The van der Waals surface area contributed by atoms with E-state index >= 15 is 0 Å². The number of hydrogen-bond acceptors (Lipinski definition) is 2. The summed E-state index contributed by atoms with van der Waals surface area (Å²) in [7, 11) is 2.19. The van der Waals surface area contributed by atoms with Gasteiger partial charge in [0, 0.05) is 45.5 Å². The van der Waals surface area contributed by atoms with Crippen LogP contribution in [-0.4, -0.2) is 35.6 Å². The fourth-order valence-electron chi connectivity index (χ4n) is 3.50. The predicted molar refractivity (Wildman–Crippen MR) is 110 cm³/mol. The van der Waals surface area contributed by atoms with Gasteiger partial charge in [-0.25, -0.2) is 0 Å². The zero-order valence-corrected chi connectivity index (χ0v) is 16.0. The van der Waals surface area contributed by atoms with Gasteiger partial charge in [0.25, 0.3) is 0 Å². The Labute approximate surface area is 156 Å². The Hall–Kier alpha value is -1.53. The van der Waals surface area contributed by atoms with Crippen LogP contribution in [0.3, 0.4) is 0 Å². The maximum absolute atomic E-state index is 3.64. The molecular formula is C20H22IN3. The highest BCUT2D eigenvalue weighted by Gasteiger charge is 2.18. The molecule has 1 aromatic heterocycles. The molecular weight excluding hydrogens is 409 g/mol. The molecule has 1 atom stereocenters. The van der Waals surface area contributed by atoms with Gasteiger partial charge in [0.15, 0.2) is 0 Å². The molecule has 4 heteroatoms. The van der Waals surface area contributed by atoms with Crippen LogP contribution in [0.5, 0.6) is 0 Å². The number of benzene rings is 2. The van der Waals surface area contributed by atoms with Crippen LogP contribution < -0.4 is 5.32 Å². The summed E-state index contributed by atoms with van der Waals surface area (Å²) in [5, 5.41) is 4.95. The summed E-state index contributed by atoms with van der Waals surface area (Å²) in [6.07, 6.45) is 3.41. The Morgan fingerprint density at radius 3 is 2.71 bits per heavy atom. The molecule has 0 spiro atoms. The first kappa shape index (κ1) is 16.0. The minimum absolute atomic E-state index is 0.580. The lowest BCUT2D eigenvalue weighted by Crippen LogP contribution is -2.23. The van der Waals surface area contributed by atoms with Crippen LogP contribution in [0.1, 0.15) is 12.0 Å². The maximum atomic E-state index is 3.64. The zero-order chi connectivity index (χ0) is 16.5. The van der Waals surface area contributed by atoms with Gasteiger partial charge in [-0.15, -0.1) is 0 Å². The molecule has 3 nitrogen and oxygen atoms in total. The number of halogens is 1.